The molecule has 0 nitrogen and oxygen atoms in total. The minimum atomic E-state index is 1.12. The second-order valence-electron chi connectivity index (χ2n) is 4.68. The van der Waals surface area contributed by atoms with Crippen LogP contribution in [-0.4, -0.2) is 0 Å². The third kappa shape index (κ3) is 13.6. The van der Waals surface area contributed by atoms with E-state index in [1.807, 2.05) is 0 Å². The second kappa shape index (κ2) is 14.6. The van der Waals surface area contributed by atoms with Crippen LogP contribution in [0.1, 0.15) is 90.9 Å². The second-order valence-corrected chi connectivity index (χ2v) is 4.68. The van der Waals surface area contributed by atoms with E-state index in [-0.39, 0.29) is 0 Å². The van der Waals surface area contributed by atoms with Gasteiger partial charge in [-0.1, -0.05) is 65.2 Å². The molecule has 0 aromatic heterocycles. The summed E-state index contributed by atoms with van der Waals surface area (Å²) in [6.45, 7) is 4.51. The topological polar surface area (TPSA) is 0 Å². The molecule has 0 heterocycles. The van der Waals surface area contributed by atoms with Crippen molar-refractivity contribution >= 4 is 0 Å². The highest BCUT2D eigenvalue weighted by Crippen LogP contribution is 2.07. The molecule has 0 saturated heterocycles. The Labute approximate surface area is 103 Å². The van der Waals surface area contributed by atoms with E-state index in [1.165, 1.54) is 64.2 Å². The molecular formula is C16H30. The van der Waals surface area contributed by atoms with Gasteiger partial charge in [0, 0.05) is 12.8 Å². The lowest BCUT2D eigenvalue weighted by molar-refractivity contribution is 0.594. The summed E-state index contributed by atoms with van der Waals surface area (Å²) in [6, 6.07) is 0. The van der Waals surface area contributed by atoms with Crippen molar-refractivity contribution in [2.45, 2.75) is 90.9 Å². The Balaban J connectivity index is 3.02. The fraction of sp³-hybridized carbons (Fsp3) is 0.875. The molecule has 0 rings (SSSR count). The summed E-state index contributed by atoms with van der Waals surface area (Å²) >= 11 is 0. The van der Waals surface area contributed by atoms with Crippen LogP contribution in [0.5, 0.6) is 0 Å². The van der Waals surface area contributed by atoms with E-state index in [9.17, 15) is 0 Å². The van der Waals surface area contributed by atoms with Gasteiger partial charge in [-0.25, -0.2) is 0 Å². The molecule has 0 atom stereocenters. The van der Waals surface area contributed by atoms with Gasteiger partial charge >= 0.3 is 0 Å². The Morgan fingerprint density at radius 3 is 1.44 bits per heavy atom. The van der Waals surface area contributed by atoms with Gasteiger partial charge in [-0.05, 0) is 12.8 Å². The van der Waals surface area contributed by atoms with Crippen molar-refractivity contribution in [3.63, 3.8) is 0 Å². The lowest BCUT2D eigenvalue weighted by Crippen LogP contribution is -1.79. The molecule has 0 aromatic rings. The number of hydrogen-bond donors (Lipinski definition) is 0. The maximum absolute atomic E-state index is 3.30. The van der Waals surface area contributed by atoms with Crippen LogP contribution in [0, 0.1) is 11.8 Å². The number of rotatable bonds is 10. The Hall–Kier alpha value is -0.440. The Morgan fingerprint density at radius 1 is 0.500 bits per heavy atom. The lowest BCUT2D eigenvalue weighted by Gasteiger charge is -1.97. The highest BCUT2D eigenvalue weighted by molar-refractivity contribution is 4.98. The van der Waals surface area contributed by atoms with Gasteiger partial charge in [0.1, 0.15) is 0 Å². The molecule has 0 unspecified atom stereocenters. The summed E-state index contributed by atoms with van der Waals surface area (Å²) in [5, 5.41) is 0. The summed E-state index contributed by atoms with van der Waals surface area (Å²) in [7, 11) is 0. The standard InChI is InChI=1S/C16H30/c1-3-5-7-9-11-13-15-16-14-12-10-8-6-4-2/h3-11,13,15-16H2,1-2H3. The molecule has 0 N–H and O–H groups in total. The first-order chi connectivity index (χ1) is 7.91. The van der Waals surface area contributed by atoms with E-state index >= 15 is 0 Å². The average Bonchev–Trinajstić information content (AvgIpc) is 2.31. The largest absolute Gasteiger partial charge is 0.103 e. The molecule has 0 aromatic carbocycles. The molecule has 0 heteroatoms. The fourth-order valence-corrected chi connectivity index (χ4v) is 1.81. The molecule has 0 spiro atoms. The highest BCUT2D eigenvalue weighted by Gasteiger charge is 1.89. The Morgan fingerprint density at radius 2 is 0.875 bits per heavy atom. The minimum Gasteiger partial charge on any atom is -0.103 e. The molecule has 0 aliphatic rings. The first-order valence-electron chi connectivity index (χ1n) is 7.37. The quantitative estimate of drug-likeness (QED) is 0.328. The SMILES string of the molecule is CCCCCC#CCCCCCCCCC. The van der Waals surface area contributed by atoms with E-state index in [0.29, 0.717) is 0 Å². The highest BCUT2D eigenvalue weighted by atomic mass is 13.9. The van der Waals surface area contributed by atoms with Crippen LogP contribution in [-0.2, 0) is 0 Å². The van der Waals surface area contributed by atoms with Gasteiger partial charge in [-0.15, -0.1) is 11.8 Å². The molecule has 0 amide bonds. The van der Waals surface area contributed by atoms with Crippen molar-refractivity contribution in [2.24, 2.45) is 0 Å². The zero-order valence-corrected chi connectivity index (χ0v) is 11.5. The van der Waals surface area contributed by atoms with Gasteiger partial charge in [-0.3, -0.25) is 0 Å². The maximum Gasteiger partial charge on any atom is 0.00886 e. The van der Waals surface area contributed by atoms with Crippen molar-refractivity contribution < 1.29 is 0 Å². The van der Waals surface area contributed by atoms with Crippen LogP contribution >= 0.6 is 0 Å². The predicted molar refractivity (Wildman–Crippen MR) is 74.5 cm³/mol. The minimum absolute atomic E-state index is 1.12. The number of unbranched alkanes of at least 4 members (excludes halogenated alkanes) is 10. The Kier molecular flexibility index (Phi) is 14.2. The van der Waals surface area contributed by atoms with Gasteiger partial charge in [0.05, 0.1) is 0 Å². The van der Waals surface area contributed by atoms with Crippen molar-refractivity contribution in [3.05, 3.63) is 0 Å². The third-order valence-corrected chi connectivity index (χ3v) is 2.94. The summed E-state index contributed by atoms with van der Waals surface area (Å²) in [5.74, 6) is 6.58. The van der Waals surface area contributed by atoms with E-state index in [4.69, 9.17) is 0 Å². The van der Waals surface area contributed by atoms with Gasteiger partial charge in [0.2, 0.25) is 0 Å². The van der Waals surface area contributed by atoms with Crippen LogP contribution in [0.3, 0.4) is 0 Å². The summed E-state index contributed by atoms with van der Waals surface area (Å²) in [4.78, 5) is 0. The van der Waals surface area contributed by atoms with E-state index in [2.05, 4.69) is 25.7 Å². The molecule has 0 radical (unpaired) electrons. The molecule has 0 aliphatic heterocycles. The monoisotopic (exact) mass is 222 g/mol. The van der Waals surface area contributed by atoms with E-state index in [1.54, 1.807) is 0 Å². The fourth-order valence-electron chi connectivity index (χ4n) is 1.81. The van der Waals surface area contributed by atoms with Crippen LogP contribution < -0.4 is 0 Å². The molecule has 0 saturated carbocycles. The molecule has 94 valence electrons. The Bertz CT molecular complexity index is 170. The maximum atomic E-state index is 3.30. The van der Waals surface area contributed by atoms with Crippen molar-refractivity contribution in [1.29, 1.82) is 0 Å². The molecule has 0 bridgehead atoms. The molecular weight excluding hydrogens is 192 g/mol. The summed E-state index contributed by atoms with van der Waals surface area (Å²) in [6.07, 6.45) is 15.9. The smallest absolute Gasteiger partial charge is 0.00886 e. The van der Waals surface area contributed by atoms with Crippen LogP contribution in [0.2, 0.25) is 0 Å². The van der Waals surface area contributed by atoms with Crippen LogP contribution in [0.25, 0.3) is 0 Å². The zero-order valence-electron chi connectivity index (χ0n) is 11.5. The van der Waals surface area contributed by atoms with Crippen molar-refractivity contribution in [1.82, 2.24) is 0 Å². The van der Waals surface area contributed by atoms with Crippen LogP contribution in [0.4, 0.5) is 0 Å². The predicted octanol–water partition coefficient (Wildman–Crippen LogP) is 5.71. The lowest BCUT2D eigenvalue weighted by atomic mass is 10.1. The number of hydrogen-bond acceptors (Lipinski definition) is 0. The molecule has 0 aliphatic carbocycles. The first kappa shape index (κ1) is 15.6. The first-order valence-corrected chi connectivity index (χ1v) is 7.37. The molecule has 16 heavy (non-hydrogen) atoms. The van der Waals surface area contributed by atoms with Gasteiger partial charge < -0.3 is 0 Å². The zero-order chi connectivity index (χ0) is 11.9. The van der Waals surface area contributed by atoms with E-state index in [0.717, 1.165) is 12.8 Å². The average molecular weight is 222 g/mol. The van der Waals surface area contributed by atoms with Crippen molar-refractivity contribution in [2.75, 3.05) is 0 Å². The third-order valence-electron chi connectivity index (χ3n) is 2.94. The van der Waals surface area contributed by atoms with Gasteiger partial charge in [-0.2, -0.15) is 0 Å². The van der Waals surface area contributed by atoms with Crippen LogP contribution in [0.15, 0.2) is 0 Å². The molecule has 0 fully saturated rings. The van der Waals surface area contributed by atoms with Gasteiger partial charge in [0.15, 0.2) is 0 Å². The summed E-state index contributed by atoms with van der Waals surface area (Å²) in [5.41, 5.74) is 0. The summed E-state index contributed by atoms with van der Waals surface area (Å²) < 4.78 is 0. The van der Waals surface area contributed by atoms with Gasteiger partial charge in [0.25, 0.3) is 0 Å². The normalized spacial score (nSPS) is 9.88. The van der Waals surface area contributed by atoms with Crippen molar-refractivity contribution in [3.8, 4) is 11.8 Å². The van der Waals surface area contributed by atoms with E-state index < -0.39 is 0 Å².